The molecule has 0 saturated heterocycles. The van der Waals surface area contributed by atoms with Crippen LogP contribution in [0.25, 0.3) is 0 Å². The van der Waals surface area contributed by atoms with Crippen LogP contribution in [0.5, 0.6) is 0 Å². The smallest absolute Gasteiger partial charge is 0.239 e. The highest BCUT2D eigenvalue weighted by Crippen LogP contribution is 2.10. The van der Waals surface area contributed by atoms with E-state index in [9.17, 15) is 19.2 Å². The van der Waals surface area contributed by atoms with Crippen LogP contribution in [0.1, 0.15) is 5.56 Å². The summed E-state index contributed by atoms with van der Waals surface area (Å²) in [5.41, 5.74) is 1.13. The first kappa shape index (κ1) is 20.5. The first-order valence-electron chi connectivity index (χ1n) is 7.63. The third kappa shape index (κ3) is 10.0. The van der Waals surface area contributed by atoms with Crippen LogP contribution in [0, 0.1) is 0 Å². The predicted octanol–water partition coefficient (Wildman–Crippen LogP) is -0.986. The minimum absolute atomic E-state index is 0.152. The van der Waals surface area contributed by atoms with E-state index in [4.69, 9.17) is 0 Å². The van der Waals surface area contributed by atoms with Crippen molar-refractivity contribution in [1.82, 2.24) is 21.3 Å². The molecule has 0 radical (unpaired) electrons. The maximum absolute atomic E-state index is 11.7. The summed E-state index contributed by atoms with van der Waals surface area (Å²) in [7, 11) is 1.46. The van der Waals surface area contributed by atoms with Crippen molar-refractivity contribution < 1.29 is 19.2 Å². The number of hydrogen-bond acceptors (Lipinski definition) is 5. The third-order valence-corrected chi connectivity index (χ3v) is 3.97. The van der Waals surface area contributed by atoms with Crippen LogP contribution in [0.15, 0.2) is 30.3 Å². The van der Waals surface area contributed by atoms with Gasteiger partial charge in [-0.05, 0) is 5.56 Å². The average molecular weight is 366 g/mol. The Morgan fingerprint density at radius 1 is 0.800 bits per heavy atom. The number of benzene rings is 1. The summed E-state index contributed by atoms with van der Waals surface area (Å²) in [5, 5.41) is 9.54. The quantitative estimate of drug-likeness (QED) is 0.424. The lowest BCUT2D eigenvalue weighted by atomic mass is 10.2. The van der Waals surface area contributed by atoms with Gasteiger partial charge < -0.3 is 21.3 Å². The summed E-state index contributed by atoms with van der Waals surface area (Å²) in [5.74, 6) is -0.584. The van der Waals surface area contributed by atoms with Crippen molar-refractivity contribution in [3.63, 3.8) is 0 Å². The second-order valence-electron chi connectivity index (χ2n) is 4.98. The average Bonchev–Trinajstić information content (AvgIpc) is 2.63. The van der Waals surface area contributed by atoms with Crippen molar-refractivity contribution in [3.05, 3.63) is 35.9 Å². The molecule has 0 fully saturated rings. The summed E-state index contributed by atoms with van der Waals surface area (Å²) in [6.45, 7) is -0.609. The predicted molar refractivity (Wildman–Crippen MR) is 95.7 cm³/mol. The number of carbonyl (C=O) groups is 4. The molecule has 0 unspecified atom stereocenters. The van der Waals surface area contributed by atoms with E-state index in [2.05, 4.69) is 21.3 Å². The van der Waals surface area contributed by atoms with Gasteiger partial charge in [0.2, 0.25) is 23.6 Å². The molecule has 1 rings (SSSR count). The Morgan fingerprint density at radius 2 is 1.32 bits per heavy atom. The second-order valence-corrected chi connectivity index (χ2v) is 5.97. The van der Waals surface area contributed by atoms with Gasteiger partial charge in [0.25, 0.3) is 0 Å². The zero-order valence-electron chi connectivity index (χ0n) is 14.0. The van der Waals surface area contributed by atoms with Gasteiger partial charge >= 0.3 is 0 Å². The van der Waals surface area contributed by atoms with Gasteiger partial charge in [-0.3, -0.25) is 19.2 Å². The number of amides is 4. The molecule has 0 atom stereocenters. The molecule has 1 aromatic carbocycles. The van der Waals surface area contributed by atoms with Crippen molar-refractivity contribution in [2.24, 2.45) is 0 Å². The van der Waals surface area contributed by atoms with Crippen molar-refractivity contribution >= 4 is 35.4 Å². The normalized spacial score (nSPS) is 9.80. The molecule has 0 aromatic heterocycles. The van der Waals surface area contributed by atoms with Gasteiger partial charge in [0, 0.05) is 12.8 Å². The Morgan fingerprint density at radius 3 is 1.88 bits per heavy atom. The minimum atomic E-state index is -0.485. The third-order valence-electron chi connectivity index (χ3n) is 2.96. The van der Waals surface area contributed by atoms with Crippen LogP contribution in [0.3, 0.4) is 0 Å². The summed E-state index contributed by atoms with van der Waals surface area (Å²) in [4.78, 5) is 45.5. The largest absolute Gasteiger partial charge is 0.358 e. The summed E-state index contributed by atoms with van der Waals surface area (Å²) in [6.07, 6.45) is 0. The molecule has 25 heavy (non-hydrogen) atoms. The highest BCUT2D eigenvalue weighted by atomic mass is 32.2. The number of hydrogen-bond donors (Lipinski definition) is 4. The van der Waals surface area contributed by atoms with E-state index in [1.165, 1.54) is 18.8 Å². The zero-order chi connectivity index (χ0) is 18.5. The lowest BCUT2D eigenvalue weighted by Crippen LogP contribution is -2.44. The molecule has 1 aromatic rings. The summed E-state index contributed by atoms with van der Waals surface area (Å²) >= 11 is 1.45. The van der Waals surface area contributed by atoms with Crippen LogP contribution in [-0.4, -0.2) is 56.1 Å². The highest BCUT2D eigenvalue weighted by Gasteiger charge is 2.08. The van der Waals surface area contributed by atoms with E-state index in [1.54, 1.807) is 0 Å². The van der Waals surface area contributed by atoms with Crippen molar-refractivity contribution in [2.75, 3.05) is 32.4 Å². The number of likely N-dealkylation sites (N-methyl/N-ethyl adjacent to an activating group) is 1. The monoisotopic (exact) mass is 366 g/mol. The van der Waals surface area contributed by atoms with E-state index in [-0.39, 0.29) is 37.2 Å². The maximum atomic E-state index is 11.7. The lowest BCUT2D eigenvalue weighted by Gasteiger charge is -2.07. The molecule has 0 spiro atoms. The maximum Gasteiger partial charge on any atom is 0.239 e. The van der Waals surface area contributed by atoms with Crippen LogP contribution in [-0.2, 0) is 24.9 Å². The van der Waals surface area contributed by atoms with Gasteiger partial charge in [-0.1, -0.05) is 30.3 Å². The molecule has 0 saturated carbocycles. The van der Waals surface area contributed by atoms with Crippen LogP contribution < -0.4 is 21.3 Å². The Bertz CT molecular complexity index is 595. The van der Waals surface area contributed by atoms with E-state index in [1.807, 2.05) is 30.3 Å². The standard InChI is InChI=1S/C16H22N4O4S/c1-17-13(21)7-18-14(22)8-19-15(23)9-20-16(24)11-25-10-12-5-3-2-4-6-12/h2-6H,7-11H2,1H3,(H,17,21)(H,18,22)(H,19,23)(H,20,24). The SMILES string of the molecule is CNC(=O)CNC(=O)CNC(=O)CNC(=O)CSCc1ccccc1. The number of nitrogens with one attached hydrogen (secondary N) is 4. The number of rotatable bonds is 10. The van der Waals surface area contributed by atoms with Gasteiger partial charge in [-0.25, -0.2) is 0 Å². The first-order chi connectivity index (χ1) is 12.0. The van der Waals surface area contributed by atoms with E-state index < -0.39 is 11.8 Å². The Kier molecular flexibility index (Phi) is 9.76. The molecular weight excluding hydrogens is 344 g/mol. The molecule has 0 aliphatic rings. The van der Waals surface area contributed by atoms with Crippen molar-refractivity contribution in [1.29, 1.82) is 0 Å². The van der Waals surface area contributed by atoms with E-state index in [0.29, 0.717) is 5.75 Å². The molecule has 4 amide bonds. The molecular formula is C16H22N4O4S. The Labute approximate surface area is 150 Å². The first-order valence-corrected chi connectivity index (χ1v) is 8.79. The fourth-order valence-corrected chi connectivity index (χ4v) is 2.45. The number of thioether (sulfide) groups is 1. The Balaban J connectivity index is 2.09. The Hall–Kier alpha value is -2.55. The van der Waals surface area contributed by atoms with Gasteiger partial charge in [0.05, 0.1) is 25.4 Å². The van der Waals surface area contributed by atoms with E-state index >= 15 is 0 Å². The number of carbonyl (C=O) groups excluding carboxylic acids is 4. The van der Waals surface area contributed by atoms with Crippen molar-refractivity contribution in [3.8, 4) is 0 Å². The molecule has 8 nitrogen and oxygen atoms in total. The van der Waals surface area contributed by atoms with Gasteiger partial charge in [0.15, 0.2) is 0 Å². The molecule has 136 valence electrons. The fraction of sp³-hybridized carbons (Fsp3) is 0.375. The van der Waals surface area contributed by atoms with Gasteiger partial charge in [-0.2, -0.15) is 0 Å². The molecule has 4 N–H and O–H groups in total. The molecule has 0 bridgehead atoms. The molecule has 0 heterocycles. The molecule has 0 aliphatic heterocycles. The van der Waals surface area contributed by atoms with Gasteiger partial charge in [-0.15, -0.1) is 11.8 Å². The van der Waals surface area contributed by atoms with Crippen LogP contribution in [0.4, 0.5) is 0 Å². The minimum Gasteiger partial charge on any atom is -0.358 e. The molecule has 9 heteroatoms. The summed E-state index contributed by atoms with van der Waals surface area (Å²) < 4.78 is 0. The lowest BCUT2D eigenvalue weighted by molar-refractivity contribution is -0.128. The summed E-state index contributed by atoms with van der Waals surface area (Å²) in [6, 6.07) is 9.76. The topological polar surface area (TPSA) is 116 Å². The van der Waals surface area contributed by atoms with Gasteiger partial charge in [0.1, 0.15) is 0 Å². The zero-order valence-corrected chi connectivity index (χ0v) is 14.8. The highest BCUT2D eigenvalue weighted by molar-refractivity contribution is 7.99. The van der Waals surface area contributed by atoms with Crippen molar-refractivity contribution in [2.45, 2.75) is 5.75 Å². The fourth-order valence-electron chi connectivity index (χ4n) is 1.64. The second kappa shape index (κ2) is 11.9. The molecule has 0 aliphatic carbocycles. The van der Waals surface area contributed by atoms with Crippen LogP contribution in [0.2, 0.25) is 0 Å². The van der Waals surface area contributed by atoms with E-state index in [0.717, 1.165) is 5.56 Å². The van der Waals surface area contributed by atoms with Crippen LogP contribution >= 0.6 is 11.8 Å².